The zero-order valence-corrected chi connectivity index (χ0v) is 20.3. The predicted molar refractivity (Wildman–Crippen MR) is 130 cm³/mol. The standard InChI is InChI=1S/C25H22ClNO6S/c1-31-17-8-10-18(11-9-17)34(29,30)24-15-27(14-16-6-4-5-7-20(16)26)21-13-23(33-3)22(32-2)12-19(21)25(24)28/h4-13,15H,14H2,1-3H3. The quantitative estimate of drug-likeness (QED) is 0.370. The molecule has 4 rings (SSSR count). The SMILES string of the molecule is COc1ccc(S(=O)(=O)c2cn(Cc3ccccc3Cl)c3cc(OC)c(OC)cc3c2=O)cc1. The molecule has 9 heteroatoms. The van der Waals surface area contributed by atoms with Gasteiger partial charge in [0.1, 0.15) is 10.6 Å². The van der Waals surface area contributed by atoms with Crippen molar-refractivity contribution >= 4 is 32.3 Å². The Kier molecular flexibility index (Phi) is 6.54. The lowest BCUT2D eigenvalue weighted by Gasteiger charge is -2.17. The first kappa shape index (κ1) is 23.7. The highest BCUT2D eigenvalue weighted by Crippen LogP contribution is 2.33. The minimum Gasteiger partial charge on any atom is -0.497 e. The molecule has 4 aromatic rings. The van der Waals surface area contributed by atoms with Gasteiger partial charge in [-0.3, -0.25) is 4.79 Å². The van der Waals surface area contributed by atoms with Gasteiger partial charge in [-0.25, -0.2) is 8.42 Å². The second-order valence-electron chi connectivity index (χ2n) is 7.45. The summed E-state index contributed by atoms with van der Waals surface area (Å²) in [6.07, 6.45) is 1.35. The molecule has 0 amide bonds. The maximum Gasteiger partial charge on any atom is 0.211 e. The molecule has 0 aliphatic rings. The minimum atomic E-state index is -4.14. The van der Waals surface area contributed by atoms with Crippen LogP contribution in [0.5, 0.6) is 17.2 Å². The van der Waals surface area contributed by atoms with E-state index in [1.165, 1.54) is 57.9 Å². The number of ether oxygens (including phenoxy) is 3. The van der Waals surface area contributed by atoms with Crippen LogP contribution in [0.2, 0.25) is 5.02 Å². The van der Waals surface area contributed by atoms with E-state index in [0.29, 0.717) is 27.8 Å². The molecule has 0 aliphatic carbocycles. The number of methoxy groups -OCH3 is 3. The third kappa shape index (κ3) is 4.22. The van der Waals surface area contributed by atoms with Gasteiger partial charge in [0.15, 0.2) is 11.5 Å². The molecule has 0 bridgehead atoms. The topological polar surface area (TPSA) is 83.8 Å². The van der Waals surface area contributed by atoms with Crippen LogP contribution in [0.1, 0.15) is 5.56 Å². The van der Waals surface area contributed by atoms with Crippen molar-refractivity contribution in [2.75, 3.05) is 21.3 Å². The fraction of sp³-hybridized carbons (Fsp3) is 0.160. The maximum atomic E-state index is 13.5. The molecule has 0 N–H and O–H groups in total. The van der Waals surface area contributed by atoms with E-state index >= 15 is 0 Å². The Balaban J connectivity index is 2.01. The summed E-state index contributed by atoms with van der Waals surface area (Å²) in [5, 5.41) is 0.702. The van der Waals surface area contributed by atoms with Gasteiger partial charge in [-0.2, -0.15) is 0 Å². The Morgan fingerprint density at radius 1 is 0.882 bits per heavy atom. The molecule has 3 aromatic carbocycles. The van der Waals surface area contributed by atoms with Gasteiger partial charge in [-0.1, -0.05) is 29.8 Å². The van der Waals surface area contributed by atoms with Crippen molar-refractivity contribution in [1.29, 1.82) is 0 Å². The van der Waals surface area contributed by atoms with Crippen LogP contribution in [-0.2, 0) is 16.4 Å². The number of hydrogen-bond donors (Lipinski definition) is 0. The second kappa shape index (κ2) is 9.40. The first-order valence-corrected chi connectivity index (χ1v) is 12.1. The van der Waals surface area contributed by atoms with Crippen LogP contribution in [0.3, 0.4) is 0 Å². The molecule has 0 saturated carbocycles. The molecule has 176 valence electrons. The van der Waals surface area contributed by atoms with E-state index in [0.717, 1.165) is 5.56 Å². The number of benzene rings is 3. The summed E-state index contributed by atoms with van der Waals surface area (Å²) in [5.74, 6) is 1.23. The Labute approximate surface area is 202 Å². The van der Waals surface area contributed by atoms with Gasteiger partial charge >= 0.3 is 0 Å². The van der Waals surface area contributed by atoms with Crippen LogP contribution >= 0.6 is 11.6 Å². The summed E-state index contributed by atoms with van der Waals surface area (Å²) >= 11 is 6.37. The zero-order chi connectivity index (χ0) is 24.5. The highest BCUT2D eigenvalue weighted by atomic mass is 35.5. The van der Waals surface area contributed by atoms with Crippen LogP contribution in [0.4, 0.5) is 0 Å². The zero-order valence-electron chi connectivity index (χ0n) is 18.7. The van der Waals surface area contributed by atoms with Crippen LogP contribution in [0.25, 0.3) is 10.9 Å². The van der Waals surface area contributed by atoms with E-state index < -0.39 is 15.3 Å². The monoisotopic (exact) mass is 499 g/mol. The molecule has 0 aliphatic heterocycles. The van der Waals surface area contributed by atoms with E-state index in [1.54, 1.807) is 16.7 Å². The summed E-state index contributed by atoms with van der Waals surface area (Å²) in [4.78, 5) is 13.1. The lowest BCUT2D eigenvalue weighted by atomic mass is 10.1. The molecule has 34 heavy (non-hydrogen) atoms. The van der Waals surface area contributed by atoms with Crippen LogP contribution in [-0.4, -0.2) is 34.3 Å². The molecule has 0 spiro atoms. The van der Waals surface area contributed by atoms with E-state index in [4.69, 9.17) is 25.8 Å². The van der Waals surface area contributed by atoms with Gasteiger partial charge in [0.2, 0.25) is 15.3 Å². The van der Waals surface area contributed by atoms with Crippen molar-refractivity contribution in [3.05, 3.63) is 87.7 Å². The Morgan fingerprint density at radius 3 is 2.15 bits per heavy atom. The molecular formula is C25H22ClNO6S. The van der Waals surface area contributed by atoms with Gasteiger partial charge in [0, 0.05) is 23.8 Å². The van der Waals surface area contributed by atoms with Crippen LogP contribution < -0.4 is 19.6 Å². The molecule has 0 unspecified atom stereocenters. The third-order valence-corrected chi connectivity index (χ3v) is 7.64. The van der Waals surface area contributed by atoms with Crippen molar-refractivity contribution < 1.29 is 22.6 Å². The van der Waals surface area contributed by atoms with Crippen molar-refractivity contribution in [3.63, 3.8) is 0 Å². The number of nitrogens with zero attached hydrogens (tertiary/aromatic N) is 1. The number of aromatic nitrogens is 1. The molecule has 7 nitrogen and oxygen atoms in total. The minimum absolute atomic E-state index is 0.0190. The summed E-state index contributed by atoms with van der Waals surface area (Å²) in [5.41, 5.74) is 0.607. The Hall–Kier alpha value is -3.49. The van der Waals surface area contributed by atoms with Gasteiger partial charge in [0.25, 0.3) is 0 Å². The van der Waals surface area contributed by atoms with Gasteiger partial charge in [-0.05, 0) is 42.0 Å². The summed E-state index contributed by atoms with van der Waals surface area (Å²) < 4.78 is 44.6. The van der Waals surface area contributed by atoms with Gasteiger partial charge in [-0.15, -0.1) is 0 Å². The average molecular weight is 500 g/mol. The van der Waals surface area contributed by atoms with Crippen molar-refractivity contribution in [1.82, 2.24) is 4.57 Å². The molecule has 0 fully saturated rings. The van der Waals surface area contributed by atoms with Crippen molar-refractivity contribution in [2.24, 2.45) is 0 Å². The first-order chi connectivity index (χ1) is 16.3. The smallest absolute Gasteiger partial charge is 0.211 e. The van der Waals surface area contributed by atoms with E-state index in [-0.39, 0.29) is 21.7 Å². The number of fused-ring (bicyclic) bond motifs is 1. The molecular weight excluding hydrogens is 478 g/mol. The van der Waals surface area contributed by atoms with E-state index in [2.05, 4.69) is 0 Å². The van der Waals surface area contributed by atoms with Gasteiger partial charge < -0.3 is 18.8 Å². The summed E-state index contributed by atoms with van der Waals surface area (Å²) in [6, 6.07) is 16.3. The van der Waals surface area contributed by atoms with Crippen LogP contribution in [0.15, 0.2) is 81.4 Å². The second-order valence-corrected chi connectivity index (χ2v) is 9.77. The normalized spacial score (nSPS) is 11.4. The Morgan fingerprint density at radius 2 is 1.53 bits per heavy atom. The number of rotatable bonds is 7. The van der Waals surface area contributed by atoms with E-state index in [9.17, 15) is 13.2 Å². The van der Waals surface area contributed by atoms with E-state index in [1.807, 2.05) is 18.2 Å². The van der Waals surface area contributed by atoms with Crippen molar-refractivity contribution in [3.8, 4) is 17.2 Å². The molecule has 1 aromatic heterocycles. The van der Waals surface area contributed by atoms with Crippen molar-refractivity contribution in [2.45, 2.75) is 16.3 Å². The molecule has 0 atom stereocenters. The number of sulfone groups is 1. The summed E-state index contributed by atoms with van der Waals surface area (Å²) in [7, 11) is 0.285. The number of halogens is 1. The fourth-order valence-corrected chi connectivity index (χ4v) is 5.27. The molecule has 0 radical (unpaired) electrons. The first-order valence-electron chi connectivity index (χ1n) is 10.2. The Bertz CT molecular complexity index is 1530. The largest absolute Gasteiger partial charge is 0.497 e. The van der Waals surface area contributed by atoms with Crippen LogP contribution in [0, 0.1) is 0 Å². The fourth-order valence-electron chi connectivity index (χ4n) is 3.70. The molecule has 1 heterocycles. The molecule has 0 saturated heterocycles. The lowest BCUT2D eigenvalue weighted by Crippen LogP contribution is -2.20. The summed E-state index contributed by atoms with van der Waals surface area (Å²) in [6.45, 7) is 0.233. The maximum absolute atomic E-state index is 13.5. The number of hydrogen-bond acceptors (Lipinski definition) is 6. The van der Waals surface area contributed by atoms with Gasteiger partial charge in [0.05, 0.1) is 37.1 Å². The lowest BCUT2D eigenvalue weighted by molar-refractivity contribution is 0.355. The third-order valence-electron chi connectivity index (χ3n) is 5.51. The highest BCUT2D eigenvalue weighted by Gasteiger charge is 2.25. The number of pyridine rings is 1. The average Bonchev–Trinajstić information content (AvgIpc) is 2.86. The highest BCUT2D eigenvalue weighted by molar-refractivity contribution is 7.91. The predicted octanol–water partition coefficient (Wildman–Crippen LogP) is 4.56.